The Hall–Kier alpha value is -3.24. The van der Waals surface area contributed by atoms with Crippen molar-refractivity contribution in [2.24, 2.45) is 12.5 Å². The fraction of sp³-hybridized carbons (Fsp3) is 0.444. The highest BCUT2D eigenvalue weighted by Crippen LogP contribution is 2.36. The summed E-state index contributed by atoms with van der Waals surface area (Å²) in [7, 11) is 3.31. The smallest absolute Gasteiger partial charge is 0.384 e. The number of alkyl halides is 3. The molecule has 1 amide bonds. The Morgan fingerprint density at radius 3 is 2.70 bits per heavy atom. The monoisotopic (exact) mass is 514 g/mol. The maximum absolute atomic E-state index is 13.8. The maximum Gasteiger partial charge on any atom is 0.417 e. The summed E-state index contributed by atoms with van der Waals surface area (Å²) in [6, 6.07) is 10.5. The highest BCUT2D eigenvalue weighted by atomic mass is 19.4. The van der Waals surface area contributed by atoms with Crippen LogP contribution in [0.25, 0.3) is 10.9 Å². The molecule has 0 spiro atoms. The van der Waals surface area contributed by atoms with E-state index in [2.05, 4.69) is 9.88 Å². The van der Waals surface area contributed by atoms with Gasteiger partial charge in [0.05, 0.1) is 23.1 Å². The van der Waals surface area contributed by atoms with Crippen molar-refractivity contribution in [2.75, 3.05) is 33.4 Å². The van der Waals surface area contributed by atoms with Gasteiger partial charge in [0.2, 0.25) is 5.91 Å². The molecule has 37 heavy (non-hydrogen) atoms. The second kappa shape index (κ2) is 9.57. The van der Waals surface area contributed by atoms with Crippen LogP contribution in [0.1, 0.15) is 28.8 Å². The first-order valence-electron chi connectivity index (χ1n) is 12.2. The van der Waals surface area contributed by atoms with Crippen molar-refractivity contribution in [3.8, 4) is 0 Å². The molecule has 2 aromatic heterocycles. The molecule has 0 radical (unpaired) electrons. The van der Waals surface area contributed by atoms with Gasteiger partial charge in [-0.05, 0) is 47.7 Å². The van der Waals surface area contributed by atoms with E-state index < -0.39 is 17.2 Å². The molecule has 0 bridgehead atoms. The number of carbonyl (C=O) groups is 1. The van der Waals surface area contributed by atoms with Crippen LogP contribution < -0.4 is 5.56 Å². The number of pyridine rings is 2. The predicted molar refractivity (Wildman–Crippen MR) is 132 cm³/mol. The lowest BCUT2D eigenvalue weighted by Gasteiger charge is -2.36. The fourth-order valence-corrected chi connectivity index (χ4v) is 5.58. The van der Waals surface area contributed by atoms with Crippen LogP contribution >= 0.6 is 0 Å². The lowest BCUT2D eigenvalue weighted by molar-refractivity contribution is -0.145. The van der Waals surface area contributed by atoms with Crippen LogP contribution in [0.5, 0.6) is 0 Å². The minimum atomic E-state index is -4.48. The van der Waals surface area contributed by atoms with Gasteiger partial charge in [-0.2, -0.15) is 13.2 Å². The largest absolute Gasteiger partial charge is 0.417 e. The van der Waals surface area contributed by atoms with Crippen molar-refractivity contribution < 1.29 is 22.7 Å². The van der Waals surface area contributed by atoms with Gasteiger partial charge in [0.1, 0.15) is 0 Å². The minimum absolute atomic E-state index is 0.0730. The van der Waals surface area contributed by atoms with Crippen molar-refractivity contribution in [1.82, 2.24) is 19.4 Å². The van der Waals surface area contributed by atoms with Gasteiger partial charge in [-0.15, -0.1) is 0 Å². The SMILES string of the molecule is COC[C@@]1(C(=O)N2CCc3ncc(C(F)(F)F)cc3C2)CCN(Cc2ccc3ccc(=O)n(C)c3c2)C1. The van der Waals surface area contributed by atoms with E-state index in [9.17, 15) is 22.8 Å². The molecular formula is C27H29F3N4O3. The van der Waals surface area contributed by atoms with Gasteiger partial charge >= 0.3 is 6.18 Å². The first-order chi connectivity index (χ1) is 17.6. The summed E-state index contributed by atoms with van der Waals surface area (Å²) >= 11 is 0. The molecular weight excluding hydrogens is 485 g/mol. The van der Waals surface area contributed by atoms with Gasteiger partial charge in [0.15, 0.2) is 0 Å². The number of ether oxygens (including phenoxy) is 1. The van der Waals surface area contributed by atoms with Crippen LogP contribution in [-0.4, -0.2) is 58.6 Å². The van der Waals surface area contributed by atoms with Crippen LogP contribution in [0.4, 0.5) is 13.2 Å². The van der Waals surface area contributed by atoms with E-state index in [-0.39, 0.29) is 24.6 Å². The number of likely N-dealkylation sites (tertiary alicyclic amines) is 1. The topological polar surface area (TPSA) is 67.7 Å². The predicted octanol–water partition coefficient (Wildman–Crippen LogP) is 3.38. The third kappa shape index (κ3) is 4.87. The summed E-state index contributed by atoms with van der Waals surface area (Å²) in [4.78, 5) is 33.7. The number of aryl methyl sites for hydroxylation is 1. The number of carbonyl (C=O) groups excluding carboxylic acids is 1. The van der Waals surface area contributed by atoms with Crippen molar-refractivity contribution in [1.29, 1.82) is 0 Å². The average molecular weight is 515 g/mol. The summed E-state index contributed by atoms with van der Waals surface area (Å²) in [6.07, 6.45) is -2.60. The summed E-state index contributed by atoms with van der Waals surface area (Å²) in [5.74, 6) is -0.0965. The molecule has 10 heteroatoms. The van der Waals surface area contributed by atoms with E-state index in [1.807, 2.05) is 24.3 Å². The molecule has 2 aliphatic heterocycles. The van der Waals surface area contributed by atoms with Gasteiger partial charge in [0, 0.05) is 64.7 Å². The molecule has 3 aromatic rings. The van der Waals surface area contributed by atoms with Crippen molar-refractivity contribution in [2.45, 2.75) is 32.1 Å². The summed E-state index contributed by atoms with van der Waals surface area (Å²) in [5.41, 5.74) is 1.29. The number of rotatable bonds is 5. The number of nitrogens with zero attached hydrogens (tertiary/aromatic N) is 4. The fourth-order valence-electron chi connectivity index (χ4n) is 5.58. The molecule has 0 N–H and O–H groups in total. The highest BCUT2D eigenvalue weighted by Gasteiger charge is 2.47. The lowest BCUT2D eigenvalue weighted by atomic mass is 9.85. The quantitative estimate of drug-likeness (QED) is 0.523. The molecule has 0 saturated carbocycles. The number of amides is 1. The number of halogens is 3. The zero-order valence-electron chi connectivity index (χ0n) is 20.8. The zero-order chi connectivity index (χ0) is 26.4. The first kappa shape index (κ1) is 25.4. The molecule has 1 aromatic carbocycles. The molecule has 1 atom stereocenters. The second-order valence-electron chi connectivity index (χ2n) is 10.1. The van der Waals surface area contributed by atoms with E-state index in [4.69, 9.17) is 4.74 Å². The Bertz CT molecular complexity index is 1400. The number of hydrogen-bond acceptors (Lipinski definition) is 5. The molecule has 2 aliphatic rings. The van der Waals surface area contributed by atoms with Crippen molar-refractivity contribution in [3.05, 3.63) is 75.3 Å². The summed E-state index contributed by atoms with van der Waals surface area (Å²) < 4.78 is 46.7. The molecule has 0 unspecified atom stereocenters. The van der Waals surface area contributed by atoms with E-state index in [0.717, 1.165) is 28.7 Å². The number of methoxy groups -OCH3 is 1. The average Bonchev–Trinajstić information content (AvgIpc) is 3.28. The molecule has 4 heterocycles. The minimum Gasteiger partial charge on any atom is -0.384 e. The molecule has 7 nitrogen and oxygen atoms in total. The number of aromatic nitrogens is 2. The third-order valence-corrected chi connectivity index (χ3v) is 7.56. The normalized spacial score (nSPS) is 20.4. The van der Waals surface area contributed by atoms with Crippen LogP contribution in [0, 0.1) is 5.41 Å². The Labute approximate surface area is 212 Å². The van der Waals surface area contributed by atoms with Gasteiger partial charge in [-0.1, -0.05) is 12.1 Å². The Balaban J connectivity index is 1.34. The van der Waals surface area contributed by atoms with Crippen LogP contribution in [0.2, 0.25) is 0 Å². The Morgan fingerprint density at radius 1 is 1.16 bits per heavy atom. The van der Waals surface area contributed by atoms with Gasteiger partial charge < -0.3 is 14.2 Å². The van der Waals surface area contributed by atoms with Gasteiger partial charge in [0.25, 0.3) is 5.56 Å². The van der Waals surface area contributed by atoms with Gasteiger partial charge in [-0.3, -0.25) is 19.5 Å². The van der Waals surface area contributed by atoms with E-state index in [1.165, 1.54) is 0 Å². The van der Waals surface area contributed by atoms with E-state index in [0.29, 0.717) is 50.3 Å². The molecule has 1 fully saturated rings. The number of benzene rings is 1. The van der Waals surface area contributed by atoms with Crippen molar-refractivity contribution >= 4 is 16.8 Å². The van der Waals surface area contributed by atoms with Crippen LogP contribution in [0.3, 0.4) is 0 Å². The molecule has 5 rings (SSSR count). The number of hydrogen-bond donors (Lipinski definition) is 0. The summed E-state index contributed by atoms with van der Waals surface area (Å²) in [5, 5.41) is 0.977. The third-order valence-electron chi connectivity index (χ3n) is 7.56. The lowest BCUT2D eigenvalue weighted by Crippen LogP contribution is -2.49. The molecule has 1 saturated heterocycles. The summed E-state index contributed by atoms with van der Waals surface area (Å²) in [6.45, 7) is 2.53. The standard InChI is InChI=1S/C27H29F3N4O3/c1-32-23-11-18(3-4-19(23)5-6-24(32)35)14-33-10-8-26(16-33,17-37-2)25(36)34-9-7-22-20(15-34)12-21(13-31-22)27(28,29)30/h3-6,11-13H,7-10,14-17H2,1-2H3/t26-/m1/s1. The molecule has 0 aliphatic carbocycles. The van der Waals surface area contributed by atoms with Crippen LogP contribution in [-0.2, 0) is 42.3 Å². The van der Waals surface area contributed by atoms with Gasteiger partial charge in [-0.25, -0.2) is 0 Å². The van der Waals surface area contributed by atoms with Crippen molar-refractivity contribution in [3.63, 3.8) is 0 Å². The van der Waals surface area contributed by atoms with E-state index >= 15 is 0 Å². The highest BCUT2D eigenvalue weighted by molar-refractivity contribution is 5.84. The Morgan fingerprint density at radius 2 is 1.95 bits per heavy atom. The maximum atomic E-state index is 13.8. The van der Waals surface area contributed by atoms with Crippen LogP contribution in [0.15, 0.2) is 47.4 Å². The molecule has 196 valence electrons. The zero-order valence-corrected chi connectivity index (χ0v) is 20.8. The Kier molecular flexibility index (Phi) is 6.57. The second-order valence-corrected chi connectivity index (χ2v) is 10.1. The number of fused-ring (bicyclic) bond motifs is 2. The van der Waals surface area contributed by atoms with E-state index in [1.54, 1.807) is 29.7 Å². The first-order valence-corrected chi connectivity index (χ1v) is 12.2.